The number of carbonyl (C=O) groups is 3. The topological polar surface area (TPSA) is 124 Å². The second-order valence-corrected chi connectivity index (χ2v) is 2.26. The first-order valence-electron chi connectivity index (χ1n) is 3.23. The fourth-order valence-corrected chi connectivity index (χ4v) is 0.715. The molecule has 0 fully saturated rings. The molecule has 0 atom stereocenters. The van der Waals surface area contributed by atoms with Gasteiger partial charge in [-0.05, 0) is 0 Å². The van der Waals surface area contributed by atoms with Crippen molar-refractivity contribution in [2.75, 3.05) is 19.6 Å². The van der Waals surface area contributed by atoms with Crippen LogP contribution in [0, 0.1) is 0 Å². The Kier molecular flexibility index (Phi) is 23.5. The Morgan fingerprint density at radius 1 is 0.688 bits per heavy atom. The molecule has 7 nitrogen and oxygen atoms in total. The summed E-state index contributed by atoms with van der Waals surface area (Å²) in [4.78, 5) is 30.6. The molecule has 0 rings (SSSR count). The van der Waals surface area contributed by atoms with Gasteiger partial charge < -0.3 is 29.7 Å². The molecule has 0 saturated heterocycles. The molecule has 16 heavy (non-hydrogen) atoms. The molecule has 0 aromatic carbocycles. The number of carboxylic acids is 3. The van der Waals surface area contributed by atoms with E-state index in [1.54, 1.807) is 0 Å². The van der Waals surface area contributed by atoms with Crippen LogP contribution in [0.15, 0.2) is 0 Å². The van der Waals surface area contributed by atoms with Crippen LogP contribution in [0.25, 0.3) is 0 Å². The summed E-state index contributed by atoms with van der Waals surface area (Å²) in [5.74, 6) is -4.70. The first-order chi connectivity index (χ1) is 5.91. The molecule has 0 N–H and O–H groups in total. The molecule has 0 aliphatic heterocycles. The molecule has 0 aliphatic rings. The van der Waals surface area contributed by atoms with Crippen molar-refractivity contribution < 1.29 is 118 Å². The standard InChI is InChI=1S/C6H9NO6.3Na/c8-4(9)1-7(2-5(10)11)3-6(12)13;;;/h1-3H2,(H,8,9)(H,10,11)(H,12,13);;;/q;3*+1/p-3/i8+1,9+1,10+1,11+1,12+1,13+1;;;. The molecule has 0 aromatic rings. The zero-order valence-electron chi connectivity index (χ0n) is 9.52. The summed E-state index contributed by atoms with van der Waals surface area (Å²) in [7, 11) is 0. The summed E-state index contributed by atoms with van der Waals surface area (Å²) in [6.45, 7) is -2.37. The van der Waals surface area contributed by atoms with Gasteiger partial charge in [0.1, 0.15) is 0 Å². The van der Waals surface area contributed by atoms with E-state index in [1.807, 2.05) is 0 Å². The minimum atomic E-state index is -1.57. The fraction of sp³-hybridized carbons (Fsp3) is 0.500. The number of carbonyl (C=O) groups excluding carboxylic acids is 3. The van der Waals surface area contributed by atoms with Gasteiger partial charge in [-0.1, -0.05) is 0 Å². The molecule has 0 amide bonds. The summed E-state index contributed by atoms with van der Waals surface area (Å²) in [5.41, 5.74) is 0. The monoisotopic (exact) mass is 263 g/mol. The molecule has 0 radical (unpaired) electrons. The van der Waals surface area contributed by atoms with Gasteiger partial charge in [-0.2, -0.15) is 0 Å². The Hall–Kier alpha value is 1.37. The van der Waals surface area contributed by atoms with Gasteiger partial charge >= 0.3 is 88.7 Å². The van der Waals surface area contributed by atoms with Crippen molar-refractivity contribution in [2.24, 2.45) is 0 Å². The molecule has 0 unspecified atom stereocenters. The molecule has 10 heteroatoms. The van der Waals surface area contributed by atoms with Crippen LogP contribution < -0.4 is 104 Å². The smallest absolute Gasteiger partial charge is 0.549 e. The summed E-state index contributed by atoms with van der Waals surface area (Å²) < 4.78 is 0. The minimum Gasteiger partial charge on any atom is -0.549 e. The van der Waals surface area contributed by atoms with E-state index >= 15 is 0 Å². The van der Waals surface area contributed by atoms with E-state index in [2.05, 4.69) is 0 Å². The molecule has 0 bridgehead atoms. The van der Waals surface area contributed by atoms with Crippen molar-refractivity contribution >= 4 is 17.9 Å². The van der Waals surface area contributed by atoms with Gasteiger partial charge in [-0.3, -0.25) is 4.90 Å². The maximum Gasteiger partial charge on any atom is 1.00 e. The van der Waals surface area contributed by atoms with E-state index < -0.39 is 37.5 Å². The third-order valence-corrected chi connectivity index (χ3v) is 1.06. The third kappa shape index (κ3) is 17.8. The second-order valence-electron chi connectivity index (χ2n) is 2.26. The zero-order chi connectivity index (χ0) is 10.4. The van der Waals surface area contributed by atoms with E-state index in [-0.39, 0.29) is 88.7 Å². The van der Waals surface area contributed by atoms with Crippen LogP contribution in [0.1, 0.15) is 0 Å². The van der Waals surface area contributed by atoms with E-state index in [4.69, 9.17) is 0 Å². The number of nitrogens with zero attached hydrogens (tertiary/aromatic N) is 1. The average Bonchev–Trinajstić information content (AvgIpc) is 1.80. The van der Waals surface area contributed by atoms with Crippen molar-refractivity contribution in [3.05, 3.63) is 0 Å². The van der Waals surface area contributed by atoms with E-state index in [0.717, 1.165) is 0 Å². The Morgan fingerprint density at radius 3 is 1.00 bits per heavy atom. The van der Waals surface area contributed by atoms with Crippen molar-refractivity contribution in [2.45, 2.75) is 0 Å². The van der Waals surface area contributed by atoms with Gasteiger partial charge in [0.25, 0.3) is 0 Å². The van der Waals surface area contributed by atoms with Gasteiger partial charge in [0.15, 0.2) is 0 Å². The molecule has 0 aliphatic carbocycles. The maximum absolute atomic E-state index is 9.99. The van der Waals surface area contributed by atoms with Crippen LogP contribution >= 0.6 is 0 Å². The number of hydrogen-bond acceptors (Lipinski definition) is 7. The summed E-state index contributed by atoms with van der Waals surface area (Å²) in [6.07, 6.45) is 0. The summed E-state index contributed by atoms with van der Waals surface area (Å²) in [5, 5.41) is 30.0. The van der Waals surface area contributed by atoms with Gasteiger partial charge in [-0.15, -0.1) is 0 Å². The van der Waals surface area contributed by atoms with E-state index in [1.165, 1.54) is 0 Å². The third-order valence-electron chi connectivity index (χ3n) is 1.06. The summed E-state index contributed by atoms with van der Waals surface area (Å²) >= 11 is 0. The maximum atomic E-state index is 9.99. The predicted octanol–water partition coefficient (Wildman–Crippen LogP) is -14.4. The molecule has 74 valence electrons. The van der Waals surface area contributed by atoms with Crippen LogP contribution in [-0.4, -0.2) is 42.4 Å². The van der Waals surface area contributed by atoms with Gasteiger partial charge in [0.05, 0.1) is 17.9 Å². The quantitative estimate of drug-likeness (QED) is 0.436. The van der Waals surface area contributed by atoms with Gasteiger partial charge in [0, 0.05) is 19.6 Å². The number of rotatable bonds is 6. The molecular formula is C6H6NNa3O6. The van der Waals surface area contributed by atoms with Gasteiger partial charge in [0.2, 0.25) is 0 Å². The van der Waals surface area contributed by atoms with E-state index in [0.29, 0.717) is 4.90 Å². The van der Waals surface area contributed by atoms with E-state index in [9.17, 15) is 29.7 Å². The molecule has 0 spiro atoms. The minimum absolute atomic E-state index is 0. The molecule has 0 saturated carbocycles. The van der Waals surface area contributed by atoms with Crippen LogP contribution in [0.5, 0.6) is 0 Å². The molecular weight excluding hydrogens is 257 g/mol. The number of hydrogen-bond donors (Lipinski definition) is 0. The Labute approximate surface area is 158 Å². The Balaban J connectivity index is -0.000000240. The number of aliphatic carboxylic acids is 3. The van der Waals surface area contributed by atoms with Crippen molar-refractivity contribution in [1.82, 2.24) is 4.90 Å². The first-order valence-corrected chi connectivity index (χ1v) is 3.23. The predicted molar refractivity (Wildman–Crippen MR) is 31.5 cm³/mol. The van der Waals surface area contributed by atoms with Crippen LogP contribution in [0.3, 0.4) is 0 Å². The van der Waals surface area contributed by atoms with Gasteiger partial charge in [-0.25, -0.2) is 0 Å². The van der Waals surface area contributed by atoms with Crippen molar-refractivity contribution in [3.63, 3.8) is 0 Å². The normalized spacial score (nSPS) is 8.06. The number of carboxylic acid groups (broad SMARTS) is 3. The Bertz CT molecular complexity index is 198. The summed E-state index contributed by atoms with van der Waals surface area (Å²) in [6, 6.07) is 0. The fourth-order valence-electron chi connectivity index (χ4n) is 0.715. The van der Waals surface area contributed by atoms with Crippen molar-refractivity contribution in [1.29, 1.82) is 0 Å². The molecule has 0 heterocycles. The van der Waals surface area contributed by atoms with Crippen LogP contribution in [-0.2, 0) is 14.4 Å². The van der Waals surface area contributed by atoms with Crippen LogP contribution in [0.4, 0.5) is 0 Å². The zero-order valence-corrected chi connectivity index (χ0v) is 15.5. The van der Waals surface area contributed by atoms with Crippen LogP contribution in [0.2, 0.25) is 0 Å². The first kappa shape index (κ1) is 26.0. The van der Waals surface area contributed by atoms with Crippen molar-refractivity contribution in [3.8, 4) is 0 Å². The largest absolute Gasteiger partial charge is 1.00 e. The Morgan fingerprint density at radius 2 is 0.875 bits per heavy atom. The second kappa shape index (κ2) is 14.4. The SMILES string of the molecule is [17O]=C([17O-])CN(CC(=[17O])[17O-])CC(=[17O])[17O-].[Na+].[Na+].[Na+]. The average molecular weight is 263 g/mol. The molecule has 0 aromatic heterocycles.